The molecule has 0 unspecified atom stereocenters. The van der Waals surface area contributed by atoms with Gasteiger partial charge in [-0.3, -0.25) is 4.98 Å². The summed E-state index contributed by atoms with van der Waals surface area (Å²) in [5.74, 6) is 0.0360. The number of carbonyl (C=O) groups is 1. The lowest BCUT2D eigenvalue weighted by Gasteiger charge is -2.17. The van der Waals surface area contributed by atoms with Crippen LogP contribution >= 0.6 is 0 Å². The number of pyridine rings is 1. The summed E-state index contributed by atoms with van der Waals surface area (Å²) in [4.78, 5) is 20.9. The highest BCUT2D eigenvalue weighted by molar-refractivity contribution is 7.86. The quantitative estimate of drug-likeness (QED) is 0.746. The molecule has 0 aromatic carbocycles. The first kappa shape index (κ1) is 15.9. The molecule has 0 fully saturated rings. The molecule has 1 amide bonds. The fourth-order valence-electron chi connectivity index (χ4n) is 1.65. The van der Waals surface area contributed by atoms with Crippen molar-refractivity contribution < 1.29 is 17.4 Å². The van der Waals surface area contributed by atoms with E-state index in [-0.39, 0.29) is 5.75 Å². The van der Waals surface area contributed by atoms with Crippen LogP contribution in [0.2, 0.25) is 0 Å². The Labute approximate surface area is 127 Å². The molecule has 22 heavy (non-hydrogen) atoms. The molecule has 0 atom stereocenters. The number of hydrogen-bond donors (Lipinski definition) is 0. The molecule has 0 N–H and O–H groups in total. The lowest BCUT2D eigenvalue weighted by molar-refractivity contribution is 0.201. The highest BCUT2D eigenvalue weighted by Gasteiger charge is 2.24. The van der Waals surface area contributed by atoms with Gasteiger partial charge in [0.05, 0.1) is 6.20 Å². The SMILES string of the molecule is CCN(CC)C(=O)n1cnc(S(=O)(=O)Oc2cccnc2)n1. The summed E-state index contributed by atoms with van der Waals surface area (Å²) >= 11 is 0. The second-order valence-electron chi connectivity index (χ2n) is 4.15. The molecule has 0 aliphatic rings. The Bertz CT molecular complexity index is 740. The number of amides is 1. The minimum absolute atomic E-state index is 0.0360. The van der Waals surface area contributed by atoms with E-state index < -0.39 is 21.3 Å². The molecule has 2 aromatic rings. The summed E-state index contributed by atoms with van der Waals surface area (Å²) in [5.41, 5.74) is 0. The van der Waals surface area contributed by atoms with Gasteiger partial charge in [-0.25, -0.2) is 9.78 Å². The highest BCUT2D eigenvalue weighted by Crippen LogP contribution is 2.14. The zero-order valence-electron chi connectivity index (χ0n) is 12.1. The summed E-state index contributed by atoms with van der Waals surface area (Å²) in [6, 6.07) is 2.50. The minimum Gasteiger partial charge on any atom is -0.375 e. The van der Waals surface area contributed by atoms with E-state index in [1.807, 2.05) is 13.8 Å². The van der Waals surface area contributed by atoms with Crippen molar-refractivity contribution in [1.82, 2.24) is 24.6 Å². The van der Waals surface area contributed by atoms with E-state index >= 15 is 0 Å². The largest absolute Gasteiger partial charge is 0.377 e. The Morgan fingerprint density at radius 3 is 2.68 bits per heavy atom. The molecule has 10 heteroatoms. The molecule has 0 aliphatic carbocycles. The predicted octanol–water partition coefficient (Wildman–Crippen LogP) is 0.751. The number of hydrogen-bond acceptors (Lipinski definition) is 7. The van der Waals surface area contributed by atoms with Gasteiger partial charge < -0.3 is 9.08 Å². The topological polar surface area (TPSA) is 107 Å². The maximum absolute atomic E-state index is 12.0. The third-order valence-electron chi connectivity index (χ3n) is 2.76. The second-order valence-corrected chi connectivity index (χ2v) is 5.59. The average Bonchev–Trinajstić information content (AvgIpc) is 2.99. The summed E-state index contributed by atoms with van der Waals surface area (Å²) in [6.45, 7) is 4.57. The molecule has 0 bridgehead atoms. The van der Waals surface area contributed by atoms with Crippen LogP contribution in [0.25, 0.3) is 0 Å². The van der Waals surface area contributed by atoms with E-state index in [4.69, 9.17) is 4.18 Å². The molecular weight excluding hydrogens is 310 g/mol. The Morgan fingerprint density at radius 2 is 2.09 bits per heavy atom. The van der Waals surface area contributed by atoms with Gasteiger partial charge in [-0.15, -0.1) is 5.10 Å². The number of carbonyl (C=O) groups excluding carboxylic acids is 1. The van der Waals surface area contributed by atoms with Crippen LogP contribution in [-0.2, 0) is 10.1 Å². The monoisotopic (exact) mass is 325 g/mol. The fraction of sp³-hybridized carbons (Fsp3) is 0.333. The highest BCUT2D eigenvalue weighted by atomic mass is 32.2. The Hall–Kier alpha value is -2.49. The fourth-order valence-corrected chi connectivity index (χ4v) is 2.44. The van der Waals surface area contributed by atoms with Crippen LogP contribution in [-0.4, -0.2) is 52.2 Å². The van der Waals surface area contributed by atoms with Gasteiger partial charge in [-0.2, -0.15) is 13.1 Å². The van der Waals surface area contributed by atoms with Crippen molar-refractivity contribution in [2.75, 3.05) is 13.1 Å². The van der Waals surface area contributed by atoms with Gasteiger partial charge in [-0.1, -0.05) is 0 Å². The van der Waals surface area contributed by atoms with Crippen LogP contribution in [0.15, 0.2) is 36.0 Å². The van der Waals surface area contributed by atoms with Gasteiger partial charge in [0.25, 0.3) is 0 Å². The van der Waals surface area contributed by atoms with Crippen molar-refractivity contribution in [3.05, 3.63) is 30.9 Å². The average molecular weight is 325 g/mol. The maximum atomic E-state index is 12.0. The summed E-state index contributed by atoms with van der Waals surface area (Å²) in [7, 11) is -4.22. The Balaban J connectivity index is 2.22. The summed E-state index contributed by atoms with van der Waals surface area (Å²) in [5, 5.41) is 3.09. The van der Waals surface area contributed by atoms with E-state index in [0.29, 0.717) is 13.1 Å². The van der Waals surface area contributed by atoms with Crippen molar-refractivity contribution in [2.24, 2.45) is 0 Å². The van der Waals surface area contributed by atoms with Crippen LogP contribution in [0.5, 0.6) is 5.75 Å². The van der Waals surface area contributed by atoms with Crippen molar-refractivity contribution >= 4 is 16.1 Å². The first-order valence-corrected chi connectivity index (χ1v) is 7.94. The Morgan fingerprint density at radius 1 is 1.36 bits per heavy atom. The van der Waals surface area contributed by atoms with Crippen LogP contribution in [0.4, 0.5) is 4.79 Å². The summed E-state index contributed by atoms with van der Waals surface area (Å²) in [6.07, 6.45) is 3.77. The smallest absolute Gasteiger partial charge is 0.375 e. The molecular formula is C12H15N5O4S. The molecule has 118 valence electrons. The molecule has 0 saturated carbocycles. The lowest BCUT2D eigenvalue weighted by atomic mass is 10.5. The third-order valence-corrected chi connectivity index (χ3v) is 3.81. The Kier molecular flexibility index (Phi) is 4.71. The van der Waals surface area contributed by atoms with E-state index in [0.717, 1.165) is 11.0 Å². The number of nitrogens with zero attached hydrogens (tertiary/aromatic N) is 5. The van der Waals surface area contributed by atoms with E-state index in [1.165, 1.54) is 29.4 Å². The van der Waals surface area contributed by atoms with Crippen molar-refractivity contribution in [3.63, 3.8) is 0 Å². The zero-order chi connectivity index (χ0) is 16.2. The number of rotatable bonds is 5. The molecule has 2 rings (SSSR count). The third kappa shape index (κ3) is 3.39. The lowest BCUT2D eigenvalue weighted by Crippen LogP contribution is -2.34. The maximum Gasteiger partial charge on any atom is 0.377 e. The molecule has 0 radical (unpaired) electrons. The van der Waals surface area contributed by atoms with Gasteiger partial charge in [0.15, 0.2) is 5.75 Å². The summed E-state index contributed by atoms with van der Waals surface area (Å²) < 4.78 is 29.8. The van der Waals surface area contributed by atoms with E-state index in [2.05, 4.69) is 15.1 Å². The van der Waals surface area contributed by atoms with Gasteiger partial charge in [0, 0.05) is 19.3 Å². The van der Waals surface area contributed by atoms with E-state index in [1.54, 1.807) is 0 Å². The predicted molar refractivity (Wildman–Crippen MR) is 75.8 cm³/mol. The first-order chi connectivity index (χ1) is 10.5. The second kappa shape index (κ2) is 6.52. The van der Waals surface area contributed by atoms with Gasteiger partial charge in [0.2, 0.25) is 0 Å². The van der Waals surface area contributed by atoms with Crippen molar-refractivity contribution in [1.29, 1.82) is 0 Å². The van der Waals surface area contributed by atoms with Gasteiger partial charge in [0.1, 0.15) is 6.33 Å². The normalized spacial score (nSPS) is 11.2. The minimum atomic E-state index is -4.22. The van der Waals surface area contributed by atoms with Crippen LogP contribution < -0.4 is 4.18 Å². The molecule has 2 heterocycles. The van der Waals surface area contributed by atoms with Crippen molar-refractivity contribution in [3.8, 4) is 5.75 Å². The van der Waals surface area contributed by atoms with Crippen LogP contribution in [0.1, 0.15) is 13.8 Å². The van der Waals surface area contributed by atoms with Gasteiger partial charge in [-0.05, 0) is 26.0 Å². The zero-order valence-corrected chi connectivity index (χ0v) is 12.9. The molecule has 9 nitrogen and oxygen atoms in total. The first-order valence-electron chi connectivity index (χ1n) is 6.53. The van der Waals surface area contributed by atoms with E-state index in [9.17, 15) is 13.2 Å². The van der Waals surface area contributed by atoms with Crippen LogP contribution in [0, 0.1) is 0 Å². The van der Waals surface area contributed by atoms with Gasteiger partial charge >= 0.3 is 21.3 Å². The molecule has 0 saturated heterocycles. The standard InChI is InChI=1S/C12H15N5O4S/c1-3-16(4-2)12(18)17-9-14-11(15-17)22(19,20)21-10-6-5-7-13-8-10/h5-9H,3-4H2,1-2H3. The van der Waals surface area contributed by atoms with Crippen LogP contribution in [0.3, 0.4) is 0 Å². The molecule has 2 aromatic heterocycles. The van der Waals surface area contributed by atoms with Crippen molar-refractivity contribution in [2.45, 2.75) is 19.0 Å². The molecule has 0 aliphatic heterocycles. The molecule has 0 spiro atoms. The number of aromatic nitrogens is 4.